The van der Waals surface area contributed by atoms with Gasteiger partial charge in [-0.25, -0.2) is 29.1 Å². The number of nitrogens with zero attached hydrogens (tertiary/aromatic N) is 4. The van der Waals surface area contributed by atoms with E-state index in [1.165, 1.54) is 0 Å². The number of alkyl carbamates (subject to hydrolysis) is 3. The molecule has 2 saturated heterocycles. The number of ether oxygens (including phenoxy) is 3. The number of aromatic nitrogens is 4. The van der Waals surface area contributed by atoms with Gasteiger partial charge in [0.25, 0.3) is 0 Å². The van der Waals surface area contributed by atoms with E-state index in [0.717, 1.165) is 81.5 Å². The third-order valence-corrected chi connectivity index (χ3v) is 13.1. The Kier molecular flexibility index (Phi) is 18.4. The van der Waals surface area contributed by atoms with Gasteiger partial charge in [0, 0.05) is 18.7 Å². The second kappa shape index (κ2) is 24.0. The second-order valence-electron chi connectivity index (χ2n) is 24.1. The number of carboxylic acid groups (broad SMARTS) is 1. The number of carbonyl (C=O) groups excluding carboxylic acids is 5. The van der Waals surface area contributed by atoms with Crippen LogP contribution >= 0.6 is 0 Å². The molecule has 19 heteroatoms. The summed E-state index contributed by atoms with van der Waals surface area (Å²) in [5.41, 5.74) is 3.68. The Hall–Kier alpha value is -7.18. The van der Waals surface area contributed by atoms with Gasteiger partial charge in [-0.05, 0) is 152 Å². The summed E-state index contributed by atoms with van der Waals surface area (Å²) < 4.78 is 15.9. The monoisotopic (exact) mass is 1060 g/mol. The molecule has 418 valence electrons. The van der Waals surface area contributed by atoms with Crippen molar-refractivity contribution in [3.8, 4) is 22.4 Å². The number of aromatic amines is 2. The van der Waals surface area contributed by atoms with Crippen molar-refractivity contribution in [2.45, 2.75) is 177 Å². The molecule has 5 amide bonds. The maximum atomic E-state index is 13.9. The van der Waals surface area contributed by atoms with Crippen molar-refractivity contribution >= 4 is 57.9 Å². The number of fused-ring (bicyclic) bond motifs is 2. The van der Waals surface area contributed by atoms with E-state index in [1.54, 1.807) is 76.2 Å². The molecule has 3 aromatic carbocycles. The van der Waals surface area contributed by atoms with Gasteiger partial charge in [-0.15, -0.1) is 0 Å². The number of hydrogen-bond acceptors (Lipinski definition) is 11. The number of likely N-dealkylation sites (tertiary alicyclic amines) is 2. The first-order valence-electron chi connectivity index (χ1n) is 26.8. The van der Waals surface area contributed by atoms with Crippen LogP contribution in [0.1, 0.15) is 153 Å². The van der Waals surface area contributed by atoms with Crippen LogP contribution in [0.4, 0.5) is 14.4 Å². The van der Waals surface area contributed by atoms with Crippen LogP contribution in [0.25, 0.3) is 44.2 Å². The Bertz CT molecular complexity index is 2920. The molecule has 0 saturated carbocycles. The van der Waals surface area contributed by atoms with Crippen molar-refractivity contribution in [3.63, 3.8) is 0 Å². The van der Waals surface area contributed by atoms with Gasteiger partial charge >= 0.3 is 24.2 Å². The molecule has 2 aliphatic heterocycles. The summed E-state index contributed by atoms with van der Waals surface area (Å²) in [6.45, 7) is 28.2. The maximum Gasteiger partial charge on any atom is 0.408 e. The molecule has 0 unspecified atom stereocenters. The SMILES string of the molecule is CC(C)[C@H](NC(=O)OC(C)(C)C)C(=O)N1CCC[C@H]1c1ncc(-c2ccc3cc(-c4ccc5nc([C@@H]6CCCN6C(=O)[C@@H](NC(=O)OC(C)(C)C)C(C)C)[nH]c5c4)ccc3c2)[nH]1.CC(C)[C@H](NC(=O)OC(C)(C)C)C(=O)O. The van der Waals surface area contributed by atoms with E-state index in [9.17, 15) is 28.8 Å². The first-order valence-corrected chi connectivity index (χ1v) is 26.8. The lowest BCUT2D eigenvalue weighted by Crippen LogP contribution is -2.52. The fourth-order valence-electron chi connectivity index (χ4n) is 9.44. The summed E-state index contributed by atoms with van der Waals surface area (Å²) in [6.07, 6.45) is 3.13. The van der Waals surface area contributed by atoms with Gasteiger partial charge < -0.3 is 55.0 Å². The number of hydrogen-bond donors (Lipinski definition) is 6. The molecule has 0 radical (unpaired) electrons. The molecule has 5 atom stereocenters. The Balaban J connectivity index is 0.000000557. The van der Waals surface area contributed by atoms with Crippen LogP contribution in [0.15, 0.2) is 60.8 Å². The van der Waals surface area contributed by atoms with E-state index < -0.39 is 59.2 Å². The summed E-state index contributed by atoms with van der Waals surface area (Å²) in [4.78, 5) is 95.5. The lowest BCUT2D eigenvalue weighted by molar-refractivity contribution is -0.140. The Morgan fingerprint density at radius 3 is 1.44 bits per heavy atom. The van der Waals surface area contributed by atoms with Crippen LogP contribution < -0.4 is 16.0 Å². The zero-order valence-corrected chi connectivity index (χ0v) is 47.5. The molecular weight excluding hydrogens is 983 g/mol. The van der Waals surface area contributed by atoms with Crippen molar-refractivity contribution < 1.29 is 48.1 Å². The predicted octanol–water partition coefficient (Wildman–Crippen LogP) is 10.8. The van der Waals surface area contributed by atoms with E-state index in [0.29, 0.717) is 13.1 Å². The third-order valence-electron chi connectivity index (χ3n) is 13.1. The van der Waals surface area contributed by atoms with E-state index >= 15 is 0 Å². The van der Waals surface area contributed by atoms with Gasteiger partial charge in [0.15, 0.2) is 0 Å². The number of aliphatic carboxylic acids is 1. The average molecular weight is 1060 g/mol. The highest BCUT2D eigenvalue weighted by Crippen LogP contribution is 2.36. The third kappa shape index (κ3) is 15.7. The Labute approximate surface area is 452 Å². The zero-order chi connectivity index (χ0) is 56.9. The molecule has 0 aliphatic carbocycles. The second-order valence-corrected chi connectivity index (χ2v) is 24.1. The predicted molar refractivity (Wildman–Crippen MR) is 296 cm³/mol. The van der Waals surface area contributed by atoms with Crippen molar-refractivity contribution in [2.75, 3.05) is 13.1 Å². The zero-order valence-electron chi connectivity index (χ0n) is 47.5. The van der Waals surface area contributed by atoms with Crippen molar-refractivity contribution in [1.82, 2.24) is 45.7 Å². The van der Waals surface area contributed by atoms with E-state index in [1.807, 2.05) is 49.8 Å². The molecule has 2 aromatic heterocycles. The molecule has 6 N–H and O–H groups in total. The minimum Gasteiger partial charge on any atom is -0.480 e. The number of imidazole rings is 2. The van der Waals surface area contributed by atoms with Crippen LogP contribution in [-0.4, -0.2) is 119 Å². The van der Waals surface area contributed by atoms with Crippen LogP contribution in [0.3, 0.4) is 0 Å². The number of rotatable bonds is 13. The van der Waals surface area contributed by atoms with Crippen LogP contribution in [-0.2, 0) is 28.6 Å². The summed E-state index contributed by atoms with van der Waals surface area (Å²) in [6, 6.07) is 16.1. The summed E-state index contributed by atoms with van der Waals surface area (Å²) in [7, 11) is 0. The van der Waals surface area contributed by atoms with E-state index in [-0.39, 0.29) is 41.7 Å². The summed E-state index contributed by atoms with van der Waals surface area (Å²) in [5.74, 6) is -0.326. The number of H-pyrrole nitrogens is 2. The van der Waals surface area contributed by atoms with Crippen molar-refractivity contribution in [1.29, 1.82) is 0 Å². The normalized spacial score (nSPS) is 17.2. The molecule has 4 heterocycles. The van der Waals surface area contributed by atoms with Crippen LogP contribution in [0.2, 0.25) is 0 Å². The molecular formula is C58H81N9O10. The van der Waals surface area contributed by atoms with Gasteiger partial charge in [-0.3, -0.25) is 9.59 Å². The van der Waals surface area contributed by atoms with E-state index in [2.05, 4.69) is 74.4 Å². The largest absolute Gasteiger partial charge is 0.480 e. The number of amides is 5. The highest BCUT2D eigenvalue weighted by molar-refractivity contribution is 5.92. The molecule has 0 bridgehead atoms. The number of carbonyl (C=O) groups is 6. The van der Waals surface area contributed by atoms with Crippen molar-refractivity contribution in [3.05, 3.63) is 72.4 Å². The lowest BCUT2D eigenvalue weighted by Gasteiger charge is -2.31. The molecule has 19 nitrogen and oxygen atoms in total. The summed E-state index contributed by atoms with van der Waals surface area (Å²) in [5, 5.41) is 18.9. The minimum absolute atomic E-state index is 0.129. The standard InChI is InChI=1S/C48H62N8O6.C10H19NO4/c1-27(2)39(53-45(59)61-47(5,6)7)43(57)55-21-11-13-37(55)41-49-26-36(52-41)33-18-17-29-23-30(15-16-31(29)24-33)32-19-20-34-35(25-32)51-42(50-34)38-14-12-22-56(38)44(58)40(28(3)4)54-46(60)62-48(8,9)10;1-6(2)7(8(12)13)11-9(14)15-10(3,4)5/h15-20,23-28,37-40H,11-14,21-22H2,1-10H3,(H,49,52)(H,50,51)(H,53,59)(H,54,60);6-7H,1-5H3,(H,11,14)(H,12,13)/t37-,38-,39-,40-;7-/m00/s1. The van der Waals surface area contributed by atoms with Crippen LogP contribution in [0, 0.1) is 17.8 Å². The van der Waals surface area contributed by atoms with Gasteiger partial charge in [0.2, 0.25) is 11.8 Å². The van der Waals surface area contributed by atoms with Gasteiger partial charge in [0.1, 0.15) is 46.6 Å². The highest BCUT2D eigenvalue weighted by Gasteiger charge is 2.40. The van der Waals surface area contributed by atoms with E-state index in [4.69, 9.17) is 29.3 Å². The first-order chi connectivity index (χ1) is 35.9. The fourth-order valence-corrected chi connectivity index (χ4v) is 9.44. The molecule has 77 heavy (non-hydrogen) atoms. The maximum absolute atomic E-state index is 13.9. The smallest absolute Gasteiger partial charge is 0.408 e. The average Bonchev–Trinajstić information content (AvgIpc) is 4.16. The quantitative estimate of drug-likeness (QED) is 0.0603. The fraction of sp³-hybridized carbons (Fsp3) is 0.552. The Morgan fingerprint density at radius 2 is 0.987 bits per heavy atom. The topological polar surface area (TPSA) is 250 Å². The molecule has 2 aliphatic rings. The lowest BCUT2D eigenvalue weighted by atomic mass is 9.99. The molecule has 7 rings (SSSR count). The van der Waals surface area contributed by atoms with Crippen molar-refractivity contribution in [2.24, 2.45) is 17.8 Å². The minimum atomic E-state index is -1.06. The Morgan fingerprint density at radius 1 is 0.571 bits per heavy atom. The number of nitrogens with one attached hydrogen (secondary N) is 5. The first kappa shape index (κ1) is 59.1. The van der Waals surface area contributed by atoms with Gasteiger partial charge in [-0.1, -0.05) is 71.9 Å². The van der Waals surface area contributed by atoms with Gasteiger partial charge in [-0.2, -0.15) is 0 Å². The number of benzene rings is 3. The molecule has 2 fully saturated rings. The van der Waals surface area contributed by atoms with Gasteiger partial charge in [0.05, 0.1) is 35.0 Å². The molecule has 0 spiro atoms. The highest BCUT2D eigenvalue weighted by atomic mass is 16.6. The summed E-state index contributed by atoms with van der Waals surface area (Å²) >= 11 is 0. The number of carboxylic acids is 1. The molecule has 5 aromatic rings. The van der Waals surface area contributed by atoms with Crippen LogP contribution in [0.5, 0.6) is 0 Å².